The van der Waals surface area contributed by atoms with Crippen LogP contribution in [0, 0.1) is 6.92 Å². The molecule has 0 N–H and O–H groups in total. The summed E-state index contributed by atoms with van der Waals surface area (Å²) in [6, 6.07) is 3.24. The van der Waals surface area contributed by atoms with Crippen LogP contribution < -0.4 is 4.74 Å². The minimum atomic E-state index is -0.153. The Labute approximate surface area is 132 Å². The number of aryl methyl sites for hydroxylation is 1. The molecule has 0 aliphatic rings. The van der Waals surface area contributed by atoms with Gasteiger partial charge < -0.3 is 4.74 Å². The molecule has 0 atom stereocenters. The highest BCUT2D eigenvalue weighted by Crippen LogP contribution is 2.20. The third-order valence-corrected chi connectivity index (χ3v) is 2.94. The SMILES string of the molecule is Cc1cncc(CC(=O)c2cc(Oc3cncnc3)ccn2)n1. The van der Waals surface area contributed by atoms with E-state index in [0.29, 0.717) is 22.9 Å². The van der Waals surface area contributed by atoms with Crippen LogP contribution in [-0.2, 0) is 6.42 Å². The van der Waals surface area contributed by atoms with Crippen molar-refractivity contribution < 1.29 is 9.53 Å². The second-order valence-electron chi connectivity index (χ2n) is 4.80. The first-order valence-electron chi connectivity index (χ1n) is 6.90. The first-order valence-corrected chi connectivity index (χ1v) is 6.90. The number of hydrogen-bond donors (Lipinski definition) is 0. The molecule has 114 valence electrons. The minimum absolute atomic E-state index is 0.138. The van der Waals surface area contributed by atoms with E-state index in [2.05, 4.69) is 24.9 Å². The summed E-state index contributed by atoms with van der Waals surface area (Å²) in [6.45, 7) is 1.83. The van der Waals surface area contributed by atoms with Gasteiger partial charge in [-0.1, -0.05) is 0 Å². The van der Waals surface area contributed by atoms with Crippen molar-refractivity contribution in [3.8, 4) is 11.5 Å². The zero-order valence-electron chi connectivity index (χ0n) is 12.4. The number of Topliss-reactive ketones (excluding diaryl/α,β-unsaturated/α-hetero) is 1. The molecule has 0 amide bonds. The van der Waals surface area contributed by atoms with Crippen LogP contribution >= 0.6 is 0 Å². The molecule has 0 fully saturated rings. The van der Waals surface area contributed by atoms with E-state index in [-0.39, 0.29) is 12.2 Å². The number of carbonyl (C=O) groups excluding carboxylic acids is 1. The summed E-state index contributed by atoms with van der Waals surface area (Å²) in [5.74, 6) is 0.829. The number of nitrogens with zero attached hydrogens (tertiary/aromatic N) is 5. The Balaban J connectivity index is 1.75. The number of hydrogen-bond acceptors (Lipinski definition) is 7. The number of aromatic nitrogens is 5. The molecule has 0 saturated carbocycles. The molecule has 3 aromatic rings. The average molecular weight is 307 g/mol. The van der Waals surface area contributed by atoms with Crippen LogP contribution in [0.25, 0.3) is 0 Å². The van der Waals surface area contributed by atoms with E-state index in [1.165, 1.54) is 24.9 Å². The maximum absolute atomic E-state index is 12.3. The Morgan fingerprint density at radius 3 is 2.70 bits per heavy atom. The largest absolute Gasteiger partial charge is 0.454 e. The van der Waals surface area contributed by atoms with E-state index >= 15 is 0 Å². The second-order valence-corrected chi connectivity index (χ2v) is 4.80. The molecule has 0 aliphatic heterocycles. The molecule has 3 rings (SSSR count). The third-order valence-electron chi connectivity index (χ3n) is 2.94. The molecule has 0 saturated heterocycles. The summed E-state index contributed by atoms with van der Waals surface area (Å²) in [5, 5.41) is 0. The van der Waals surface area contributed by atoms with E-state index in [1.807, 2.05) is 6.92 Å². The van der Waals surface area contributed by atoms with Crippen LogP contribution in [0.5, 0.6) is 11.5 Å². The summed E-state index contributed by atoms with van der Waals surface area (Å²) in [4.78, 5) is 32.4. The molecule has 0 aliphatic carbocycles. The van der Waals surface area contributed by atoms with Crippen molar-refractivity contribution in [3.05, 3.63) is 66.5 Å². The quantitative estimate of drug-likeness (QED) is 0.667. The van der Waals surface area contributed by atoms with Crippen molar-refractivity contribution in [1.29, 1.82) is 0 Å². The Bertz CT molecular complexity index is 823. The van der Waals surface area contributed by atoms with Gasteiger partial charge >= 0.3 is 0 Å². The van der Waals surface area contributed by atoms with E-state index in [4.69, 9.17) is 4.74 Å². The summed E-state index contributed by atoms with van der Waals surface area (Å²) < 4.78 is 5.59. The fourth-order valence-electron chi connectivity index (χ4n) is 1.96. The predicted octanol–water partition coefficient (Wildman–Crippen LogP) is 2.19. The zero-order chi connectivity index (χ0) is 16.1. The average Bonchev–Trinajstić information content (AvgIpc) is 2.56. The lowest BCUT2D eigenvalue weighted by Crippen LogP contribution is -2.08. The lowest BCUT2D eigenvalue weighted by Gasteiger charge is -2.06. The number of ether oxygens (including phenoxy) is 1. The summed E-state index contributed by atoms with van der Waals surface area (Å²) in [5.41, 5.74) is 1.69. The van der Waals surface area contributed by atoms with Crippen LogP contribution in [0.2, 0.25) is 0 Å². The maximum Gasteiger partial charge on any atom is 0.187 e. The van der Waals surface area contributed by atoms with Crippen molar-refractivity contribution in [2.24, 2.45) is 0 Å². The van der Waals surface area contributed by atoms with Crippen molar-refractivity contribution in [2.45, 2.75) is 13.3 Å². The summed E-state index contributed by atoms with van der Waals surface area (Å²) >= 11 is 0. The molecule has 23 heavy (non-hydrogen) atoms. The topological polar surface area (TPSA) is 90.8 Å². The smallest absolute Gasteiger partial charge is 0.187 e. The molecule has 3 heterocycles. The first kappa shape index (κ1) is 14.7. The molecule has 0 bridgehead atoms. The number of ketones is 1. The van der Waals surface area contributed by atoms with Gasteiger partial charge in [0.15, 0.2) is 11.5 Å². The first-order chi connectivity index (χ1) is 11.2. The molecule has 7 heteroatoms. The van der Waals surface area contributed by atoms with Gasteiger partial charge in [-0.15, -0.1) is 0 Å². The van der Waals surface area contributed by atoms with Crippen LogP contribution in [0.15, 0.2) is 49.4 Å². The van der Waals surface area contributed by atoms with Gasteiger partial charge in [0.2, 0.25) is 0 Å². The molecule has 0 aromatic carbocycles. The Hall–Kier alpha value is -3.22. The van der Waals surface area contributed by atoms with Gasteiger partial charge in [-0.05, 0) is 13.0 Å². The van der Waals surface area contributed by atoms with Crippen molar-refractivity contribution >= 4 is 5.78 Å². The van der Waals surface area contributed by atoms with Gasteiger partial charge in [0, 0.05) is 24.7 Å². The Morgan fingerprint density at radius 2 is 1.91 bits per heavy atom. The maximum atomic E-state index is 12.3. The highest BCUT2D eigenvalue weighted by molar-refractivity contribution is 5.95. The molecule has 3 aromatic heterocycles. The van der Waals surface area contributed by atoms with Gasteiger partial charge in [-0.2, -0.15) is 0 Å². The molecular weight excluding hydrogens is 294 g/mol. The second kappa shape index (κ2) is 6.69. The number of carbonyl (C=O) groups is 1. The van der Waals surface area contributed by atoms with Gasteiger partial charge in [-0.25, -0.2) is 9.97 Å². The van der Waals surface area contributed by atoms with Crippen molar-refractivity contribution in [2.75, 3.05) is 0 Å². The summed E-state index contributed by atoms with van der Waals surface area (Å²) in [7, 11) is 0. The molecular formula is C16H13N5O2. The normalized spacial score (nSPS) is 10.3. The zero-order valence-corrected chi connectivity index (χ0v) is 12.4. The van der Waals surface area contributed by atoms with Gasteiger partial charge in [0.05, 0.1) is 30.2 Å². The monoisotopic (exact) mass is 307 g/mol. The highest BCUT2D eigenvalue weighted by atomic mass is 16.5. The standard InChI is InChI=1S/C16H13N5O2/c1-11-6-17-7-12(21-11)4-16(22)15-5-13(2-3-20-15)23-14-8-18-10-19-9-14/h2-3,5-10H,4H2,1H3. The van der Waals surface area contributed by atoms with Gasteiger partial charge in [-0.3, -0.25) is 19.7 Å². The van der Waals surface area contributed by atoms with Crippen molar-refractivity contribution in [3.63, 3.8) is 0 Å². The minimum Gasteiger partial charge on any atom is -0.454 e. The molecule has 0 spiro atoms. The number of pyridine rings is 1. The van der Waals surface area contributed by atoms with Crippen LogP contribution in [0.3, 0.4) is 0 Å². The van der Waals surface area contributed by atoms with E-state index in [1.54, 1.807) is 24.5 Å². The highest BCUT2D eigenvalue weighted by Gasteiger charge is 2.11. The summed E-state index contributed by atoms with van der Waals surface area (Å²) in [6.07, 6.45) is 9.37. The van der Waals surface area contributed by atoms with Gasteiger partial charge in [0.1, 0.15) is 17.8 Å². The number of rotatable bonds is 5. The van der Waals surface area contributed by atoms with E-state index < -0.39 is 0 Å². The van der Waals surface area contributed by atoms with Gasteiger partial charge in [0.25, 0.3) is 0 Å². The Kier molecular flexibility index (Phi) is 4.28. The lowest BCUT2D eigenvalue weighted by atomic mass is 10.1. The molecule has 0 radical (unpaired) electrons. The van der Waals surface area contributed by atoms with Crippen LogP contribution in [-0.4, -0.2) is 30.7 Å². The third kappa shape index (κ3) is 3.91. The predicted molar refractivity (Wildman–Crippen MR) is 81.1 cm³/mol. The van der Waals surface area contributed by atoms with E-state index in [0.717, 1.165) is 5.69 Å². The van der Waals surface area contributed by atoms with Crippen LogP contribution in [0.4, 0.5) is 0 Å². The molecule has 0 unspecified atom stereocenters. The fraction of sp³-hybridized carbons (Fsp3) is 0.125. The van der Waals surface area contributed by atoms with E-state index in [9.17, 15) is 4.79 Å². The lowest BCUT2D eigenvalue weighted by molar-refractivity contribution is 0.0986. The van der Waals surface area contributed by atoms with Crippen LogP contribution in [0.1, 0.15) is 21.9 Å². The Morgan fingerprint density at radius 1 is 1.09 bits per heavy atom. The fourth-order valence-corrected chi connectivity index (χ4v) is 1.96. The van der Waals surface area contributed by atoms with Crippen molar-refractivity contribution in [1.82, 2.24) is 24.9 Å². The molecule has 7 nitrogen and oxygen atoms in total.